The predicted octanol–water partition coefficient (Wildman–Crippen LogP) is 0.963. The van der Waals surface area contributed by atoms with Crippen LogP contribution in [0.4, 0.5) is 0 Å². The van der Waals surface area contributed by atoms with Gasteiger partial charge in [-0.15, -0.1) is 0 Å². The Morgan fingerprint density at radius 3 is 2.62 bits per heavy atom. The quantitative estimate of drug-likeness (QED) is 0.829. The number of hydrogen-bond donors (Lipinski definition) is 2. The number of nitrogens with one attached hydrogen (secondary N) is 2. The molecule has 0 saturated heterocycles. The highest BCUT2D eigenvalue weighted by Crippen LogP contribution is 2.09. The average Bonchev–Trinajstić information content (AvgIpc) is 2.47. The van der Waals surface area contributed by atoms with E-state index >= 15 is 0 Å². The maximum absolute atomic E-state index is 11.8. The summed E-state index contributed by atoms with van der Waals surface area (Å²) in [6.07, 6.45) is 1.49. The van der Waals surface area contributed by atoms with Crippen LogP contribution in [-0.4, -0.2) is 16.4 Å². The van der Waals surface area contributed by atoms with Gasteiger partial charge in [0.05, 0.1) is 0 Å². The van der Waals surface area contributed by atoms with E-state index < -0.39 is 11.8 Å². The van der Waals surface area contributed by atoms with Crippen LogP contribution in [0, 0.1) is 0 Å². The largest absolute Gasteiger partial charge is 0.306 e. The molecule has 0 bridgehead atoms. The van der Waals surface area contributed by atoms with Crippen molar-refractivity contribution in [3.63, 3.8) is 0 Å². The van der Waals surface area contributed by atoms with E-state index in [4.69, 9.17) is 11.6 Å². The van der Waals surface area contributed by atoms with Crippen molar-refractivity contribution in [1.29, 1.82) is 0 Å². The summed E-state index contributed by atoms with van der Waals surface area (Å²) >= 11 is 5.77. The number of hydrazine groups is 1. The predicted molar refractivity (Wildman–Crippen MR) is 77.8 cm³/mol. The maximum Gasteiger partial charge on any atom is 0.269 e. The van der Waals surface area contributed by atoms with E-state index in [-0.39, 0.29) is 12.1 Å². The van der Waals surface area contributed by atoms with E-state index in [1.165, 1.54) is 22.9 Å². The summed E-state index contributed by atoms with van der Waals surface area (Å²) in [6.45, 7) is -0.185. The molecule has 0 spiro atoms. The van der Waals surface area contributed by atoms with Crippen LogP contribution in [0.15, 0.2) is 53.5 Å². The number of carbonyl (C=O) groups excluding carboxylic acids is 2. The van der Waals surface area contributed by atoms with E-state index in [2.05, 4.69) is 10.9 Å². The van der Waals surface area contributed by atoms with Crippen LogP contribution in [0.25, 0.3) is 0 Å². The van der Waals surface area contributed by atoms with Crippen LogP contribution >= 0.6 is 11.6 Å². The van der Waals surface area contributed by atoms with Gasteiger partial charge in [0.1, 0.15) is 6.54 Å². The maximum atomic E-state index is 11.8. The van der Waals surface area contributed by atoms with Crippen LogP contribution in [-0.2, 0) is 11.3 Å². The second kappa shape index (κ2) is 6.71. The Labute approximate surface area is 125 Å². The Morgan fingerprint density at radius 2 is 1.90 bits per heavy atom. The van der Waals surface area contributed by atoms with Gasteiger partial charge >= 0.3 is 0 Å². The molecule has 21 heavy (non-hydrogen) atoms. The Hall–Kier alpha value is -2.60. The number of pyridine rings is 1. The number of carbonyl (C=O) groups is 2. The molecule has 1 heterocycles. The molecule has 0 radical (unpaired) electrons. The molecule has 0 saturated carbocycles. The summed E-state index contributed by atoms with van der Waals surface area (Å²) in [4.78, 5) is 34.9. The van der Waals surface area contributed by atoms with Crippen molar-refractivity contribution in [1.82, 2.24) is 15.4 Å². The average molecular weight is 306 g/mol. The second-order valence-electron chi connectivity index (χ2n) is 4.18. The highest BCUT2D eigenvalue weighted by molar-refractivity contribution is 6.30. The summed E-state index contributed by atoms with van der Waals surface area (Å²) in [5.41, 5.74) is 4.51. The molecule has 2 rings (SSSR count). The number of hydrogen-bond acceptors (Lipinski definition) is 3. The van der Waals surface area contributed by atoms with Crippen molar-refractivity contribution in [2.75, 3.05) is 0 Å². The number of rotatable bonds is 3. The SMILES string of the molecule is O=C(Cn1ccccc1=O)NNC(=O)c1cccc(Cl)c1. The normalized spacial score (nSPS) is 9.95. The van der Waals surface area contributed by atoms with Gasteiger partial charge in [0, 0.05) is 22.8 Å². The van der Waals surface area contributed by atoms with Crippen molar-refractivity contribution in [3.05, 3.63) is 69.6 Å². The number of amides is 2. The molecular weight excluding hydrogens is 294 g/mol. The van der Waals surface area contributed by atoms with Crippen molar-refractivity contribution < 1.29 is 9.59 Å². The lowest BCUT2D eigenvalue weighted by atomic mass is 10.2. The molecule has 7 heteroatoms. The van der Waals surface area contributed by atoms with Crippen molar-refractivity contribution in [2.45, 2.75) is 6.54 Å². The third kappa shape index (κ3) is 4.19. The van der Waals surface area contributed by atoms with Crippen LogP contribution in [0.5, 0.6) is 0 Å². The summed E-state index contributed by atoms with van der Waals surface area (Å²) in [6, 6.07) is 10.9. The molecule has 0 atom stereocenters. The Kier molecular flexibility index (Phi) is 4.73. The molecule has 0 aliphatic carbocycles. The number of halogens is 1. The van der Waals surface area contributed by atoms with Gasteiger partial charge in [-0.05, 0) is 24.3 Å². The van der Waals surface area contributed by atoms with Gasteiger partial charge < -0.3 is 4.57 Å². The standard InChI is InChI=1S/C14H12ClN3O3/c15-11-5-3-4-10(8-11)14(21)17-16-12(19)9-18-7-2-1-6-13(18)20/h1-8H,9H2,(H,16,19)(H,17,21). The fourth-order valence-electron chi connectivity index (χ4n) is 1.61. The van der Waals surface area contributed by atoms with Crippen molar-refractivity contribution in [3.8, 4) is 0 Å². The van der Waals surface area contributed by atoms with Gasteiger partial charge in [0.15, 0.2) is 0 Å². The molecule has 1 aromatic carbocycles. The zero-order valence-corrected chi connectivity index (χ0v) is 11.6. The molecule has 6 nitrogen and oxygen atoms in total. The summed E-state index contributed by atoms with van der Waals surface area (Å²) in [5.74, 6) is -1.01. The first-order chi connectivity index (χ1) is 10.1. The van der Waals surface area contributed by atoms with Crippen LogP contribution < -0.4 is 16.4 Å². The van der Waals surface area contributed by atoms with E-state index in [1.54, 1.807) is 30.3 Å². The minimum Gasteiger partial charge on any atom is -0.306 e. The monoisotopic (exact) mass is 305 g/mol. The topological polar surface area (TPSA) is 80.2 Å². The van der Waals surface area contributed by atoms with Gasteiger partial charge in [0.25, 0.3) is 17.4 Å². The summed E-state index contributed by atoms with van der Waals surface area (Å²) in [5, 5.41) is 0.421. The Morgan fingerprint density at radius 1 is 1.10 bits per heavy atom. The van der Waals surface area contributed by atoms with Gasteiger partial charge in [-0.25, -0.2) is 0 Å². The number of nitrogens with zero attached hydrogens (tertiary/aromatic N) is 1. The van der Waals surface area contributed by atoms with Crippen LogP contribution in [0.2, 0.25) is 5.02 Å². The highest BCUT2D eigenvalue weighted by Gasteiger charge is 2.08. The smallest absolute Gasteiger partial charge is 0.269 e. The number of aromatic nitrogens is 1. The van der Waals surface area contributed by atoms with Crippen molar-refractivity contribution in [2.24, 2.45) is 0 Å². The fourth-order valence-corrected chi connectivity index (χ4v) is 1.80. The number of benzene rings is 1. The molecule has 0 aliphatic rings. The lowest BCUT2D eigenvalue weighted by molar-refractivity contribution is -0.122. The third-order valence-corrected chi connectivity index (χ3v) is 2.85. The minimum absolute atomic E-state index is 0.185. The molecule has 2 N–H and O–H groups in total. The Balaban J connectivity index is 1.91. The Bertz CT molecular complexity index is 727. The van der Waals surface area contributed by atoms with Gasteiger partial charge in [-0.2, -0.15) is 0 Å². The van der Waals surface area contributed by atoms with Gasteiger partial charge in [-0.3, -0.25) is 25.2 Å². The van der Waals surface area contributed by atoms with E-state index in [0.29, 0.717) is 10.6 Å². The molecule has 0 fully saturated rings. The van der Waals surface area contributed by atoms with Gasteiger partial charge in [-0.1, -0.05) is 23.7 Å². The first-order valence-electron chi connectivity index (χ1n) is 6.06. The summed E-state index contributed by atoms with van der Waals surface area (Å²) < 4.78 is 1.22. The lowest BCUT2D eigenvalue weighted by Gasteiger charge is -2.08. The van der Waals surface area contributed by atoms with E-state index in [0.717, 1.165) is 0 Å². The molecule has 1 aromatic heterocycles. The summed E-state index contributed by atoms with van der Waals surface area (Å²) in [7, 11) is 0. The fraction of sp³-hybridized carbons (Fsp3) is 0.0714. The first-order valence-corrected chi connectivity index (χ1v) is 6.44. The highest BCUT2D eigenvalue weighted by atomic mass is 35.5. The van der Waals surface area contributed by atoms with Crippen LogP contribution in [0.3, 0.4) is 0 Å². The molecule has 0 unspecified atom stereocenters. The van der Waals surface area contributed by atoms with Gasteiger partial charge in [0.2, 0.25) is 0 Å². The van der Waals surface area contributed by atoms with Crippen molar-refractivity contribution >= 4 is 23.4 Å². The lowest BCUT2D eigenvalue weighted by Crippen LogP contribution is -2.44. The third-order valence-electron chi connectivity index (χ3n) is 2.62. The van der Waals surface area contributed by atoms with Crippen LogP contribution in [0.1, 0.15) is 10.4 Å². The van der Waals surface area contributed by atoms with E-state index in [9.17, 15) is 14.4 Å². The molecule has 2 amide bonds. The first kappa shape index (κ1) is 14.8. The minimum atomic E-state index is -0.515. The van der Waals surface area contributed by atoms with E-state index in [1.807, 2.05) is 0 Å². The second-order valence-corrected chi connectivity index (χ2v) is 4.62. The molecule has 108 valence electrons. The molecule has 2 aromatic rings. The zero-order chi connectivity index (χ0) is 15.2. The zero-order valence-electron chi connectivity index (χ0n) is 10.9. The molecule has 0 aliphatic heterocycles. The molecular formula is C14H12ClN3O3.